The van der Waals surface area contributed by atoms with E-state index in [0.29, 0.717) is 61.5 Å². The molecular weight excluding hydrogens is 1100 g/mol. The van der Waals surface area contributed by atoms with E-state index in [1.807, 2.05) is 34.0 Å². The van der Waals surface area contributed by atoms with Crippen LogP contribution in [-0.4, -0.2) is 35.6 Å². The van der Waals surface area contributed by atoms with Crippen LogP contribution in [0.4, 0.5) is 0 Å². The Labute approximate surface area is 501 Å². The van der Waals surface area contributed by atoms with Gasteiger partial charge in [-0.2, -0.15) is 21.0 Å². The predicted octanol–water partition coefficient (Wildman–Crippen LogP) is 22.0. The van der Waals surface area contributed by atoms with Crippen LogP contribution in [0.15, 0.2) is 23.3 Å². The summed E-state index contributed by atoms with van der Waals surface area (Å²) in [6.45, 7) is 10.9. The van der Waals surface area contributed by atoms with Gasteiger partial charge in [-0.1, -0.05) is 182 Å². The first-order chi connectivity index (χ1) is 39.9. The van der Waals surface area contributed by atoms with Crippen LogP contribution in [0, 0.1) is 45.3 Å². The van der Waals surface area contributed by atoms with Crippen LogP contribution in [0.2, 0.25) is 0 Å². The Morgan fingerprint density at radius 3 is 1.05 bits per heavy atom. The Bertz CT molecular complexity index is 3170. The lowest BCUT2D eigenvalue weighted by atomic mass is 9.99. The lowest BCUT2D eigenvalue weighted by molar-refractivity contribution is 0.174. The molecule has 0 radical (unpaired) electrons. The van der Waals surface area contributed by atoms with E-state index in [-0.39, 0.29) is 11.1 Å². The Kier molecular flexibility index (Phi) is 22.6. The maximum Gasteiger partial charge on any atom is 0.181 e. The van der Waals surface area contributed by atoms with Crippen molar-refractivity contribution in [3.05, 3.63) is 33.0 Å². The fourth-order valence-electron chi connectivity index (χ4n) is 12.2. The van der Waals surface area contributed by atoms with Gasteiger partial charge in [0.05, 0.1) is 70.1 Å². The summed E-state index contributed by atoms with van der Waals surface area (Å²) in [5.41, 5.74) is 5.47. The van der Waals surface area contributed by atoms with Crippen LogP contribution in [0.1, 0.15) is 229 Å². The second kappa shape index (κ2) is 30.3. The molecule has 0 N–H and O–H groups in total. The van der Waals surface area contributed by atoms with Crippen molar-refractivity contribution in [2.45, 2.75) is 220 Å². The third kappa shape index (κ3) is 13.9. The quantitative estimate of drug-likeness (QED) is 0.0287. The minimum absolute atomic E-state index is 0.0424. The molecule has 7 aromatic heterocycles. The predicted molar refractivity (Wildman–Crippen MR) is 343 cm³/mol. The molecule has 7 aromatic rings. The molecular formula is C66H82N6O4S5. The molecule has 0 unspecified atom stereocenters. The Hall–Kier alpha value is -5.26. The highest BCUT2D eigenvalue weighted by molar-refractivity contribution is 7.36. The summed E-state index contributed by atoms with van der Waals surface area (Å²) in [4.78, 5) is 5.69. The minimum atomic E-state index is 0.0424. The second-order valence-electron chi connectivity index (χ2n) is 22.2. The molecule has 0 spiro atoms. The van der Waals surface area contributed by atoms with Gasteiger partial charge in [0.2, 0.25) is 0 Å². The average Bonchev–Trinajstić information content (AvgIpc) is 4.40. The van der Waals surface area contributed by atoms with Gasteiger partial charge >= 0.3 is 0 Å². The third-order valence-electron chi connectivity index (χ3n) is 16.3. The zero-order chi connectivity index (χ0) is 56.5. The molecule has 0 bridgehead atoms. The van der Waals surface area contributed by atoms with Crippen molar-refractivity contribution in [2.75, 3.05) is 26.4 Å². The van der Waals surface area contributed by atoms with Crippen LogP contribution in [-0.2, 0) is 0 Å². The van der Waals surface area contributed by atoms with Gasteiger partial charge in [-0.05, 0) is 50.0 Å². The molecule has 430 valence electrons. The Morgan fingerprint density at radius 2 is 0.728 bits per heavy atom. The normalized spacial score (nSPS) is 13.0. The number of allylic oxidation sites excluding steroid dienone is 2. The average molecular weight is 1180 g/mol. The third-order valence-corrected chi connectivity index (χ3v) is 22.6. The first-order valence-corrected chi connectivity index (χ1v) is 34.9. The van der Waals surface area contributed by atoms with E-state index in [1.165, 1.54) is 195 Å². The lowest BCUT2D eigenvalue weighted by Gasteiger charge is -2.24. The maximum absolute atomic E-state index is 9.84. The van der Waals surface area contributed by atoms with Gasteiger partial charge in [0.15, 0.2) is 23.0 Å². The molecule has 2 aliphatic heterocycles. The summed E-state index contributed by atoms with van der Waals surface area (Å²) in [5, 5.41) is 39.3. The van der Waals surface area contributed by atoms with Gasteiger partial charge in [0.25, 0.3) is 0 Å². The van der Waals surface area contributed by atoms with Crippen molar-refractivity contribution in [1.82, 2.24) is 9.13 Å². The van der Waals surface area contributed by atoms with E-state index in [2.05, 4.69) is 73.2 Å². The summed E-state index contributed by atoms with van der Waals surface area (Å²) in [5.74, 6) is 2.66. The SMILES string of the molecule is CCCCCCCCC(CCCCCCCC)n1c2cc(-c3sc(C=C(C#N)C#N)c4c3OCCO4)sc2c2sc3c4sc(-c5sc(C=C(C#N)C#N)c6c5OCCO6)cc4n(C(CCCCCCCC)CCCCCCCC)c3c21. The van der Waals surface area contributed by atoms with Gasteiger partial charge in [-0.25, -0.2) is 0 Å². The van der Waals surface area contributed by atoms with Crippen molar-refractivity contribution >= 4 is 110 Å². The van der Waals surface area contributed by atoms with E-state index in [9.17, 15) is 21.0 Å². The summed E-state index contributed by atoms with van der Waals surface area (Å²) in [6, 6.07) is 13.8. The van der Waals surface area contributed by atoms with Crippen LogP contribution in [0.25, 0.3) is 72.5 Å². The number of fused-ring (bicyclic) bond motifs is 9. The first-order valence-electron chi connectivity index (χ1n) is 30.8. The summed E-state index contributed by atoms with van der Waals surface area (Å²) >= 11 is 8.78. The number of unbranched alkanes of at least 4 members (excludes halogenated alkanes) is 20. The maximum atomic E-state index is 9.84. The largest absolute Gasteiger partial charge is 0.485 e. The highest BCUT2D eigenvalue weighted by atomic mass is 32.1. The molecule has 9 rings (SSSR count). The van der Waals surface area contributed by atoms with Crippen molar-refractivity contribution in [1.29, 1.82) is 21.0 Å². The molecule has 0 aliphatic carbocycles. The monoisotopic (exact) mass is 1180 g/mol. The van der Waals surface area contributed by atoms with Crippen molar-refractivity contribution < 1.29 is 18.9 Å². The number of aromatic nitrogens is 2. The fourth-order valence-corrected chi connectivity index (χ4v) is 18.5. The van der Waals surface area contributed by atoms with Crippen molar-refractivity contribution in [3.63, 3.8) is 0 Å². The Balaban J connectivity index is 1.28. The van der Waals surface area contributed by atoms with Gasteiger partial charge in [-0.15, -0.1) is 56.7 Å². The molecule has 81 heavy (non-hydrogen) atoms. The molecule has 10 nitrogen and oxygen atoms in total. The molecule has 0 fully saturated rings. The van der Waals surface area contributed by atoms with Gasteiger partial charge in [0, 0.05) is 12.1 Å². The minimum Gasteiger partial charge on any atom is -0.485 e. The number of nitrogens with zero attached hydrogens (tertiary/aromatic N) is 6. The van der Waals surface area contributed by atoms with E-state index < -0.39 is 0 Å². The number of nitriles is 4. The molecule has 15 heteroatoms. The van der Waals surface area contributed by atoms with Crippen molar-refractivity contribution in [3.8, 4) is 66.8 Å². The van der Waals surface area contributed by atoms with E-state index in [1.54, 1.807) is 34.8 Å². The molecule has 0 saturated carbocycles. The van der Waals surface area contributed by atoms with Gasteiger partial charge in [-0.3, -0.25) is 0 Å². The van der Waals surface area contributed by atoms with E-state index in [0.717, 1.165) is 54.9 Å². The zero-order valence-corrected chi connectivity index (χ0v) is 52.5. The fraction of sp³-hybridized carbons (Fsp3) is 0.576. The van der Waals surface area contributed by atoms with Crippen LogP contribution >= 0.6 is 56.7 Å². The standard InChI is InChI=1S/C66H82N6O4S5/c1-5-9-13-17-21-25-29-47(30-26-22-18-14-10-6-2)71-49-39-53(63-59-57(73-33-35-75-59)51(77-63)37-45(41-67)42-68)79-61(49)65-55(71)56-66(81-65)62-50(72(56)48(31-27-23-19-15-11-7-3)32-28-24-20-16-12-8-4)40-54(80-62)64-60-58(74-34-36-76-60)52(78-64)38-46(43-69)44-70/h37-40,47-48H,5-36H2,1-4H3. The van der Waals surface area contributed by atoms with E-state index in [4.69, 9.17) is 18.9 Å². The number of thiophene rings is 5. The topological polar surface area (TPSA) is 142 Å². The summed E-state index contributed by atoms with van der Waals surface area (Å²) in [7, 11) is 0. The van der Waals surface area contributed by atoms with Gasteiger partial charge in [0.1, 0.15) is 61.9 Å². The molecule has 9 heterocycles. The number of hydrogen-bond donors (Lipinski definition) is 0. The molecule has 0 aromatic carbocycles. The lowest BCUT2D eigenvalue weighted by Crippen LogP contribution is -2.14. The van der Waals surface area contributed by atoms with Crippen LogP contribution in [0.5, 0.6) is 23.0 Å². The zero-order valence-electron chi connectivity index (χ0n) is 48.4. The highest BCUT2D eigenvalue weighted by Gasteiger charge is 2.34. The second-order valence-corrected chi connectivity index (χ2v) is 27.5. The molecule has 0 saturated heterocycles. The number of rotatable bonds is 34. The summed E-state index contributed by atoms with van der Waals surface area (Å²) in [6.07, 6.45) is 38.1. The van der Waals surface area contributed by atoms with E-state index >= 15 is 0 Å². The highest BCUT2D eigenvalue weighted by Crippen LogP contribution is 2.59. The first kappa shape index (κ1) is 60.3. The smallest absolute Gasteiger partial charge is 0.181 e. The molecule has 0 atom stereocenters. The molecule has 2 aliphatic rings. The number of ether oxygens (including phenoxy) is 4. The number of hydrogen-bond acceptors (Lipinski definition) is 13. The Morgan fingerprint density at radius 1 is 0.420 bits per heavy atom. The molecule has 0 amide bonds. The van der Waals surface area contributed by atoms with Crippen LogP contribution in [0.3, 0.4) is 0 Å². The van der Waals surface area contributed by atoms with Gasteiger partial charge < -0.3 is 28.1 Å². The van der Waals surface area contributed by atoms with Crippen molar-refractivity contribution in [2.24, 2.45) is 0 Å². The summed E-state index contributed by atoms with van der Waals surface area (Å²) < 4.78 is 36.5. The van der Waals surface area contributed by atoms with Crippen LogP contribution < -0.4 is 18.9 Å².